The molecule has 2 rings (SSSR count). The third kappa shape index (κ3) is 2.21. The molecule has 1 saturated heterocycles. The zero-order valence-corrected chi connectivity index (χ0v) is 9.42. The summed E-state index contributed by atoms with van der Waals surface area (Å²) in [4.78, 5) is 0. The number of aromatic nitrogens is 2. The van der Waals surface area contributed by atoms with Gasteiger partial charge in [-0.15, -0.1) is 5.10 Å². The van der Waals surface area contributed by atoms with Crippen LogP contribution in [0.3, 0.4) is 0 Å². The average Bonchev–Trinajstić information content (AvgIpc) is 2.51. The molecule has 1 aromatic heterocycles. The van der Waals surface area contributed by atoms with Gasteiger partial charge in [0.1, 0.15) is 0 Å². The van der Waals surface area contributed by atoms with Gasteiger partial charge in [-0.1, -0.05) is 11.6 Å². The van der Waals surface area contributed by atoms with E-state index < -0.39 is 9.84 Å². The first-order chi connectivity index (χ1) is 6.98. The van der Waals surface area contributed by atoms with Gasteiger partial charge in [0.05, 0.1) is 22.2 Å². The first-order valence-electron chi connectivity index (χ1n) is 4.47. The lowest BCUT2D eigenvalue weighted by molar-refractivity contribution is 0.601. The van der Waals surface area contributed by atoms with Crippen LogP contribution in [0.4, 0.5) is 5.82 Å². The van der Waals surface area contributed by atoms with Crippen LogP contribution in [0.5, 0.6) is 0 Å². The highest BCUT2D eigenvalue weighted by atomic mass is 35.5. The third-order valence-electron chi connectivity index (χ3n) is 2.44. The van der Waals surface area contributed by atoms with Crippen molar-refractivity contribution in [3.8, 4) is 0 Å². The molecule has 1 atom stereocenters. The number of hydrogen-bond donors (Lipinski definition) is 1. The Morgan fingerprint density at radius 1 is 1.47 bits per heavy atom. The molecule has 5 nitrogen and oxygen atoms in total. The molecule has 82 valence electrons. The molecule has 15 heavy (non-hydrogen) atoms. The summed E-state index contributed by atoms with van der Waals surface area (Å²) in [7, 11) is -2.91. The molecule has 0 aliphatic carbocycles. The number of nitrogens with two attached hydrogens (primary N) is 1. The van der Waals surface area contributed by atoms with Crippen molar-refractivity contribution >= 4 is 27.3 Å². The topological polar surface area (TPSA) is 85.9 Å². The molecule has 0 aromatic carbocycles. The fourth-order valence-corrected chi connectivity index (χ4v) is 3.53. The van der Waals surface area contributed by atoms with Crippen LogP contribution in [0.1, 0.15) is 18.0 Å². The lowest BCUT2D eigenvalue weighted by atomic mass is 10.1. The Balaban J connectivity index is 2.28. The van der Waals surface area contributed by atoms with Crippen molar-refractivity contribution in [2.24, 2.45) is 0 Å². The highest BCUT2D eigenvalue weighted by molar-refractivity contribution is 7.91. The molecule has 1 unspecified atom stereocenters. The summed E-state index contributed by atoms with van der Waals surface area (Å²) in [6.07, 6.45) is 0.581. The zero-order chi connectivity index (χ0) is 11.1. The number of rotatable bonds is 1. The van der Waals surface area contributed by atoms with Gasteiger partial charge in [-0.2, -0.15) is 5.10 Å². The van der Waals surface area contributed by atoms with Gasteiger partial charge in [0.15, 0.2) is 15.7 Å². The van der Waals surface area contributed by atoms with Gasteiger partial charge in [0.2, 0.25) is 0 Å². The lowest BCUT2D eigenvalue weighted by Crippen LogP contribution is -2.07. The van der Waals surface area contributed by atoms with Crippen LogP contribution < -0.4 is 5.73 Å². The number of halogens is 1. The monoisotopic (exact) mass is 247 g/mol. The van der Waals surface area contributed by atoms with Crippen molar-refractivity contribution in [2.75, 3.05) is 17.2 Å². The number of nitrogen functional groups attached to an aromatic ring is 1. The molecule has 2 N–H and O–H groups in total. The van der Waals surface area contributed by atoms with Crippen LogP contribution in [0.2, 0.25) is 5.02 Å². The average molecular weight is 248 g/mol. The number of anilines is 1. The standard InChI is InChI=1S/C8H10ClN3O2S/c9-6-3-7(11-12-8(6)10)5-1-2-15(13,14)4-5/h3,5H,1-2,4H2,(H2,10,12). The van der Waals surface area contributed by atoms with E-state index in [1.807, 2.05) is 0 Å². The quantitative estimate of drug-likeness (QED) is 0.786. The Kier molecular flexibility index (Phi) is 2.56. The Morgan fingerprint density at radius 2 is 2.20 bits per heavy atom. The minimum atomic E-state index is -2.91. The Labute approximate surface area is 92.6 Å². The van der Waals surface area contributed by atoms with Crippen LogP contribution in [0, 0.1) is 0 Å². The fourth-order valence-electron chi connectivity index (χ4n) is 1.62. The van der Waals surface area contributed by atoms with E-state index in [1.165, 1.54) is 0 Å². The summed E-state index contributed by atoms with van der Waals surface area (Å²) in [5.41, 5.74) is 6.02. The van der Waals surface area contributed by atoms with E-state index >= 15 is 0 Å². The maximum Gasteiger partial charge on any atom is 0.164 e. The molecule has 1 aromatic rings. The SMILES string of the molecule is Nc1nnc(C2CCS(=O)(=O)C2)cc1Cl. The number of hydrogen-bond acceptors (Lipinski definition) is 5. The van der Waals surface area contributed by atoms with Crippen molar-refractivity contribution in [1.82, 2.24) is 10.2 Å². The molecular weight excluding hydrogens is 238 g/mol. The molecule has 7 heteroatoms. The van der Waals surface area contributed by atoms with Crippen molar-refractivity contribution in [1.29, 1.82) is 0 Å². The van der Waals surface area contributed by atoms with Gasteiger partial charge >= 0.3 is 0 Å². The van der Waals surface area contributed by atoms with Crippen LogP contribution in [0.25, 0.3) is 0 Å². The van der Waals surface area contributed by atoms with Gasteiger partial charge in [0, 0.05) is 5.92 Å². The highest BCUT2D eigenvalue weighted by Crippen LogP contribution is 2.29. The number of sulfone groups is 1. The molecule has 1 fully saturated rings. The smallest absolute Gasteiger partial charge is 0.164 e. The fraction of sp³-hybridized carbons (Fsp3) is 0.500. The van der Waals surface area contributed by atoms with Crippen LogP contribution in [-0.4, -0.2) is 30.1 Å². The predicted octanol–water partition coefficient (Wildman–Crippen LogP) is 0.614. The Bertz CT molecular complexity index is 489. The molecule has 0 saturated carbocycles. The molecule has 2 heterocycles. The van der Waals surface area contributed by atoms with Gasteiger partial charge in [-0.25, -0.2) is 8.42 Å². The van der Waals surface area contributed by atoms with E-state index in [2.05, 4.69) is 10.2 Å². The van der Waals surface area contributed by atoms with Crippen molar-refractivity contribution in [3.63, 3.8) is 0 Å². The minimum absolute atomic E-state index is 0.0967. The molecule has 0 bridgehead atoms. The summed E-state index contributed by atoms with van der Waals surface area (Å²) in [6.45, 7) is 0. The van der Waals surface area contributed by atoms with Crippen molar-refractivity contribution < 1.29 is 8.42 Å². The zero-order valence-electron chi connectivity index (χ0n) is 7.85. The summed E-state index contributed by atoms with van der Waals surface area (Å²) in [6, 6.07) is 1.59. The largest absolute Gasteiger partial charge is 0.381 e. The predicted molar refractivity (Wildman–Crippen MR) is 57.5 cm³/mol. The van der Waals surface area contributed by atoms with E-state index in [0.717, 1.165) is 0 Å². The van der Waals surface area contributed by atoms with Crippen LogP contribution in [-0.2, 0) is 9.84 Å². The second-order valence-corrected chi connectivity index (χ2v) is 6.24. The maximum atomic E-state index is 11.3. The van der Waals surface area contributed by atoms with Gasteiger partial charge in [-0.3, -0.25) is 0 Å². The summed E-state index contributed by atoms with van der Waals surface area (Å²) in [5, 5.41) is 7.86. The van der Waals surface area contributed by atoms with Gasteiger partial charge in [-0.05, 0) is 12.5 Å². The van der Waals surface area contributed by atoms with E-state index in [0.29, 0.717) is 17.1 Å². The maximum absolute atomic E-state index is 11.3. The lowest BCUT2D eigenvalue weighted by Gasteiger charge is -2.06. The highest BCUT2D eigenvalue weighted by Gasteiger charge is 2.30. The summed E-state index contributed by atoms with van der Waals surface area (Å²) in [5.74, 6) is 0.408. The first kappa shape index (κ1) is 10.6. The normalized spacial score (nSPS) is 24.2. The van der Waals surface area contributed by atoms with E-state index in [1.54, 1.807) is 6.07 Å². The molecular formula is C8H10ClN3O2S. The van der Waals surface area contributed by atoms with E-state index in [-0.39, 0.29) is 23.2 Å². The molecule has 1 aliphatic heterocycles. The first-order valence-corrected chi connectivity index (χ1v) is 6.67. The minimum Gasteiger partial charge on any atom is -0.381 e. The van der Waals surface area contributed by atoms with E-state index in [4.69, 9.17) is 17.3 Å². The molecule has 1 aliphatic rings. The summed E-state index contributed by atoms with van der Waals surface area (Å²) < 4.78 is 22.5. The molecule has 0 spiro atoms. The van der Waals surface area contributed by atoms with Gasteiger partial charge < -0.3 is 5.73 Å². The Hall–Kier alpha value is -0.880. The Morgan fingerprint density at radius 3 is 2.73 bits per heavy atom. The van der Waals surface area contributed by atoms with Crippen molar-refractivity contribution in [2.45, 2.75) is 12.3 Å². The number of nitrogens with zero attached hydrogens (tertiary/aromatic N) is 2. The van der Waals surface area contributed by atoms with Crippen LogP contribution >= 0.6 is 11.6 Å². The van der Waals surface area contributed by atoms with Crippen LogP contribution in [0.15, 0.2) is 6.07 Å². The summed E-state index contributed by atoms with van der Waals surface area (Å²) >= 11 is 5.79. The van der Waals surface area contributed by atoms with Gasteiger partial charge in [0.25, 0.3) is 0 Å². The van der Waals surface area contributed by atoms with Crippen molar-refractivity contribution in [3.05, 3.63) is 16.8 Å². The molecule has 0 radical (unpaired) electrons. The third-order valence-corrected chi connectivity index (χ3v) is 4.51. The molecule has 0 amide bonds. The van der Waals surface area contributed by atoms with E-state index in [9.17, 15) is 8.42 Å². The second-order valence-electron chi connectivity index (χ2n) is 3.60. The second kappa shape index (κ2) is 3.61.